The van der Waals surface area contributed by atoms with Crippen LogP contribution >= 0.6 is 0 Å². The topological polar surface area (TPSA) is 37.3 Å². The molecule has 0 saturated heterocycles. The van der Waals surface area contributed by atoms with Gasteiger partial charge in [-0.05, 0) is 75.5 Å². The maximum Gasteiger partial charge on any atom is 0.146 e. The van der Waals surface area contributed by atoms with E-state index in [9.17, 15) is 9.90 Å². The zero-order valence-corrected chi connectivity index (χ0v) is 12.5. The lowest BCUT2D eigenvalue weighted by Crippen LogP contribution is -2.46. The number of hydrogen-bond donors (Lipinski definition) is 1. The molecule has 0 aliphatic heterocycles. The van der Waals surface area contributed by atoms with E-state index in [1.165, 1.54) is 31.3 Å². The number of carbonyl (C=O) groups is 1. The monoisotopic (exact) mass is 274 g/mol. The summed E-state index contributed by atoms with van der Waals surface area (Å²) in [6, 6.07) is 0. The number of fused-ring (bicyclic) bond motifs is 5. The first-order chi connectivity index (χ1) is 9.59. The van der Waals surface area contributed by atoms with Crippen LogP contribution in [-0.2, 0) is 4.79 Å². The Morgan fingerprint density at radius 2 is 2.00 bits per heavy atom. The molecule has 4 aliphatic rings. The molecule has 2 nitrogen and oxygen atoms in total. The summed E-state index contributed by atoms with van der Waals surface area (Å²) in [5.74, 6) is 3.51. The van der Waals surface area contributed by atoms with Crippen LogP contribution in [0.5, 0.6) is 0 Å². The van der Waals surface area contributed by atoms with Gasteiger partial charge in [-0.15, -0.1) is 0 Å². The van der Waals surface area contributed by atoms with Crippen LogP contribution in [-0.4, -0.2) is 17.0 Å². The fourth-order valence-electron chi connectivity index (χ4n) is 5.98. The Morgan fingerprint density at radius 3 is 2.85 bits per heavy atom. The van der Waals surface area contributed by atoms with Crippen molar-refractivity contribution in [1.29, 1.82) is 0 Å². The van der Waals surface area contributed by atoms with Crippen LogP contribution in [0.4, 0.5) is 0 Å². The van der Waals surface area contributed by atoms with E-state index >= 15 is 0 Å². The summed E-state index contributed by atoms with van der Waals surface area (Å²) in [4.78, 5) is 12.2. The summed E-state index contributed by atoms with van der Waals surface area (Å²) < 4.78 is 0. The highest BCUT2D eigenvalue weighted by Gasteiger charge is 2.53. The van der Waals surface area contributed by atoms with Crippen LogP contribution in [0, 0.1) is 29.1 Å². The molecule has 0 amide bonds. The van der Waals surface area contributed by atoms with Gasteiger partial charge in [-0.25, -0.2) is 0 Å². The van der Waals surface area contributed by atoms with E-state index in [1.807, 2.05) is 0 Å². The molecule has 0 radical (unpaired) electrons. The molecule has 2 heteroatoms. The minimum absolute atomic E-state index is 0.0473. The van der Waals surface area contributed by atoms with Crippen molar-refractivity contribution in [1.82, 2.24) is 0 Å². The van der Waals surface area contributed by atoms with Gasteiger partial charge in [0.25, 0.3) is 0 Å². The van der Waals surface area contributed by atoms with Gasteiger partial charge in [-0.1, -0.05) is 11.6 Å². The van der Waals surface area contributed by atoms with Crippen molar-refractivity contribution in [3.8, 4) is 0 Å². The second-order valence-corrected chi connectivity index (χ2v) is 7.90. The average Bonchev–Trinajstić information content (AvgIpc) is 2.74. The minimum atomic E-state index is -0.109. The van der Waals surface area contributed by atoms with Gasteiger partial charge in [0.2, 0.25) is 0 Å². The molecular weight excluding hydrogens is 248 g/mol. The molecule has 0 heterocycles. The first-order valence-corrected chi connectivity index (χ1v) is 8.51. The van der Waals surface area contributed by atoms with E-state index in [-0.39, 0.29) is 11.5 Å². The van der Waals surface area contributed by atoms with E-state index in [1.54, 1.807) is 0 Å². The number of carbonyl (C=O) groups excluding carboxylic acids is 1. The summed E-state index contributed by atoms with van der Waals surface area (Å²) >= 11 is 0. The van der Waals surface area contributed by atoms with Crippen LogP contribution in [0.15, 0.2) is 11.6 Å². The van der Waals surface area contributed by atoms with Gasteiger partial charge in [-0.2, -0.15) is 0 Å². The molecule has 1 N–H and O–H groups in total. The van der Waals surface area contributed by atoms with Crippen LogP contribution in [0.3, 0.4) is 0 Å². The summed E-state index contributed by atoms with van der Waals surface area (Å²) in [5.41, 5.74) is 1.39. The lowest BCUT2D eigenvalue weighted by Gasteiger charge is -2.52. The fourth-order valence-corrected chi connectivity index (χ4v) is 5.98. The maximum absolute atomic E-state index is 12.2. The Balaban J connectivity index is 1.61. The molecule has 4 rings (SSSR count). The molecule has 6 atom stereocenters. The van der Waals surface area contributed by atoms with Crippen LogP contribution in [0.2, 0.25) is 0 Å². The fraction of sp³-hybridized carbons (Fsp3) is 0.833. The van der Waals surface area contributed by atoms with Gasteiger partial charge in [0, 0.05) is 11.8 Å². The van der Waals surface area contributed by atoms with E-state index in [4.69, 9.17) is 0 Å². The SMILES string of the molecule is C[C@]12CC[C@@H]3[C@H]4CC[C@H](O)C[C@@H]4CC[C@H]3C1=CCC2=O. The standard InChI is InChI=1S/C18H26O2/c1-18-9-8-14-13-5-3-12(19)10-11(13)2-4-15(14)16(18)6-7-17(18)20/h6,11-15,19H,2-5,7-10H2,1H3/t11-,12-,13-,14+,15+,18-/m0/s1. The lowest BCUT2D eigenvalue weighted by atomic mass is 9.52. The number of hydrogen-bond acceptors (Lipinski definition) is 2. The second-order valence-electron chi connectivity index (χ2n) is 7.90. The quantitative estimate of drug-likeness (QED) is 0.687. The maximum atomic E-state index is 12.2. The third kappa shape index (κ3) is 1.70. The van der Waals surface area contributed by atoms with Gasteiger partial charge in [-0.3, -0.25) is 4.79 Å². The van der Waals surface area contributed by atoms with Crippen LogP contribution < -0.4 is 0 Å². The Bertz CT molecular complexity index is 466. The highest BCUT2D eigenvalue weighted by Crippen LogP contribution is 2.59. The highest BCUT2D eigenvalue weighted by molar-refractivity contribution is 5.92. The molecule has 4 aliphatic carbocycles. The number of rotatable bonds is 0. The van der Waals surface area contributed by atoms with Gasteiger partial charge in [0.1, 0.15) is 5.78 Å². The van der Waals surface area contributed by atoms with Crippen molar-refractivity contribution in [3.63, 3.8) is 0 Å². The molecule has 0 aromatic carbocycles. The Morgan fingerprint density at radius 1 is 1.15 bits per heavy atom. The van der Waals surface area contributed by atoms with E-state index in [2.05, 4.69) is 13.0 Å². The third-order valence-corrected chi connectivity index (χ3v) is 7.07. The van der Waals surface area contributed by atoms with E-state index < -0.39 is 0 Å². The smallest absolute Gasteiger partial charge is 0.146 e. The van der Waals surface area contributed by atoms with E-state index in [0.29, 0.717) is 18.1 Å². The molecule has 0 unspecified atom stereocenters. The number of Topliss-reactive ketones (excluding diaryl/α,β-unsaturated/α-hetero) is 1. The lowest BCUT2D eigenvalue weighted by molar-refractivity contribution is -0.126. The molecular formula is C18H26O2. The van der Waals surface area contributed by atoms with E-state index in [0.717, 1.165) is 37.0 Å². The number of aliphatic hydroxyl groups excluding tert-OH is 1. The number of ketones is 1. The molecule has 0 aromatic heterocycles. The predicted molar refractivity (Wildman–Crippen MR) is 78.1 cm³/mol. The zero-order valence-electron chi connectivity index (χ0n) is 12.5. The predicted octanol–water partition coefficient (Wildman–Crippen LogP) is 3.49. The van der Waals surface area contributed by atoms with Gasteiger partial charge in [0.15, 0.2) is 0 Å². The second kappa shape index (κ2) is 4.43. The Labute approximate surface area is 121 Å². The number of aliphatic hydroxyl groups is 1. The highest BCUT2D eigenvalue weighted by atomic mass is 16.3. The molecule has 0 bridgehead atoms. The molecule has 0 aromatic rings. The van der Waals surface area contributed by atoms with Crippen molar-refractivity contribution in [2.45, 2.75) is 64.4 Å². The van der Waals surface area contributed by atoms with Crippen molar-refractivity contribution in [2.24, 2.45) is 29.1 Å². The summed E-state index contributed by atoms with van der Waals surface area (Å²) in [5, 5.41) is 9.91. The Kier molecular flexibility index (Phi) is 2.89. The van der Waals surface area contributed by atoms with Gasteiger partial charge in [0.05, 0.1) is 6.10 Å². The van der Waals surface area contributed by atoms with Crippen molar-refractivity contribution >= 4 is 5.78 Å². The summed E-state index contributed by atoms with van der Waals surface area (Å²) in [6.07, 6.45) is 11.0. The average molecular weight is 274 g/mol. The minimum Gasteiger partial charge on any atom is -0.393 e. The first kappa shape index (κ1) is 13.1. The molecule has 0 spiro atoms. The van der Waals surface area contributed by atoms with Crippen molar-refractivity contribution in [3.05, 3.63) is 11.6 Å². The molecule has 110 valence electrons. The largest absolute Gasteiger partial charge is 0.393 e. The van der Waals surface area contributed by atoms with Gasteiger partial charge >= 0.3 is 0 Å². The van der Waals surface area contributed by atoms with Crippen molar-refractivity contribution in [2.75, 3.05) is 0 Å². The summed E-state index contributed by atoms with van der Waals surface area (Å²) in [7, 11) is 0. The first-order valence-electron chi connectivity index (χ1n) is 8.51. The van der Waals surface area contributed by atoms with Crippen LogP contribution in [0.1, 0.15) is 58.3 Å². The van der Waals surface area contributed by atoms with Gasteiger partial charge < -0.3 is 5.11 Å². The van der Waals surface area contributed by atoms with Crippen molar-refractivity contribution < 1.29 is 9.90 Å². The Hall–Kier alpha value is -0.630. The normalized spacial score (nSPS) is 51.0. The molecule has 20 heavy (non-hydrogen) atoms. The summed E-state index contributed by atoms with van der Waals surface area (Å²) in [6.45, 7) is 2.20. The molecule has 3 fully saturated rings. The van der Waals surface area contributed by atoms with Crippen LogP contribution in [0.25, 0.3) is 0 Å². The molecule has 3 saturated carbocycles. The zero-order chi connectivity index (χ0) is 13.9. The third-order valence-electron chi connectivity index (χ3n) is 7.07. The number of allylic oxidation sites excluding steroid dienone is 2.